The summed E-state index contributed by atoms with van der Waals surface area (Å²) in [5.41, 5.74) is 3.35. The molecule has 2 aromatic rings. The maximum Gasteiger partial charge on any atom is 0.228 e. The number of halogens is 1. The molecule has 0 fully saturated rings. The van der Waals surface area contributed by atoms with Crippen molar-refractivity contribution in [3.05, 3.63) is 63.6 Å². The first-order valence-corrected chi connectivity index (χ1v) is 7.27. The molecule has 1 amide bonds. The third-order valence-corrected chi connectivity index (χ3v) is 4.29. The molecule has 0 spiro atoms. The van der Waals surface area contributed by atoms with Gasteiger partial charge in [0.05, 0.1) is 10.4 Å². The maximum atomic E-state index is 12.1. The Morgan fingerprint density at radius 1 is 1.30 bits per heavy atom. The molecule has 0 saturated heterocycles. The molecule has 0 aliphatic heterocycles. The number of rotatable bonds is 3. The van der Waals surface area contributed by atoms with Gasteiger partial charge < -0.3 is 10.4 Å². The predicted molar refractivity (Wildman–Crippen MR) is 80.5 cm³/mol. The van der Waals surface area contributed by atoms with Gasteiger partial charge in [-0.3, -0.25) is 4.79 Å². The van der Waals surface area contributed by atoms with E-state index in [-0.39, 0.29) is 17.6 Å². The number of nitrogens with one attached hydrogen (secondary N) is 1. The number of phenolic OH excluding ortho intramolecular Hbond substituents is 1. The molecule has 1 aliphatic carbocycles. The maximum absolute atomic E-state index is 12.1. The van der Waals surface area contributed by atoms with Crippen molar-refractivity contribution in [2.24, 2.45) is 0 Å². The third-order valence-electron chi connectivity index (χ3n) is 3.65. The van der Waals surface area contributed by atoms with E-state index >= 15 is 0 Å². The van der Waals surface area contributed by atoms with Gasteiger partial charge in [-0.15, -0.1) is 0 Å². The average molecular weight is 332 g/mol. The summed E-state index contributed by atoms with van der Waals surface area (Å²) in [7, 11) is 0. The minimum absolute atomic E-state index is 0.0215. The summed E-state index contributed by atoms with van der Waals surface area (Å²) in [4.78, 5) is 12.1. The lowest BCUT2D eigenvalue weighted by Crippen LogP contribution is -2.35. The molecule has 1 aliphatic rings. The van der Waals surface area contributed by atoms with Crippen LogP contribution in [0.5, 0.6) is 5.75 Å². The van der Waals surface area contributed by atoms with Gasteiger partial charge >= 0.3 is 0 Å². The highest BCUT2D eigenvalue weighted by atomic mass is 79.9. The molecule has 0 saturated carbocycles. The Bertz CT molecular complexity index is 669. The van der Waals surface area contributed by atoms with Gasteiger partial charge in [0.15, 0.2) is 0 Å². The average Bonchev–Trinajstić information content (AvgIpc) is 2.41. The van der Waals surface area contributed by atoms with Gasteiger partial charge in [0.2, 0.25) is 5.91 Å². The normalized spacial score (nSPS) is 16.1. The summed E-state index contributed by atoms with van der Waals surface area (Å²) in [6.45, 7) is 0.469. The highest BCUT2D eigenvalue weighted by Gasteiger charge is 2.31. The molecular weight excluding hydrogens is 318 g/mol. The molecule has 0 aromatic heterocycles. The number of hydrogen-bond acceptors (Lipinski definition) is 2. The molecule has 4 heteroatoms. The zero-order valence-electron chi connectivity index (χ0n) is 10.8. The summed E-state index contributed by atoms with van der Waals surface area (Å²) in [5, 5.41) is 12.4. The number of amides is 1. The van der Waals surface area contributed by atoms with E-state index in [1.807, 2.05) is 24.3 Å². The van der Waals surface area contributed by atoms with E-state index in [4.69, 9.17) is 0 Å². The second-order valence-electron chi connectivity index (χ2n) is 4.96. The van der Waals surface area contributed by atoms with E-state index in [9.17, 15) is 9.90 Å². The summed E-state index contributed by atoms with van der Waals surface area (Å²) in [6.07, 6.45) is 0.821. The molecule has 3 nitrogen and oxygen atoms in total. The Kier molecular flexibility index (Phi) is 3.49. The fourth-order valence-corrected chi connectivity index (χ4v) is 2.89. The van der Waals surface area contributed by atoms with Crippen molar-refractivity contribution in [2.45, 2.75) is 18.9 Å². The van der Waals surface area contributed by atoms with Gasteiger partial charge in [-0.1, -0.05) is 30.3 Å². The van der Waals surface area contributed by atoms with Crippen molar-refractivity contribution in [1.82, 2.24) is 5.32 Å². The zero-order chi connectivity index (χ0) is 14.1. The molecule has 3 rings (SSSR count). The number of carbonyl (C=O) groups excluding carboxylic acids is 1. The highest BCUT2D eigenvalue weighted by molar-refractivity contribution is 9.10. The summed E-state index contributed by atoms with van der Waals surface area (Å²) in [6, 6.07) is 13.3. The number of phenols is 1. The van der Waals surface area contributed by atoms with Crippen molar-refractivity contribution in [3.63, 3.8) is 0 Å². The van der Waals surface area contributed by atoms with Crippen LogP contribution in [0.15, 0.2) is 46.9 Å². The summed E-state index contributed by atoms with van der Waals surface area (Å²) in [5.74, 6) is 0.243. The Hall–Kier alpha value is -1.81. The first kappa shape index (κ1) is 13.2. The van der Waals surface area contributed by atoms with Crippen LogP contribution in [-0.4, -0.2) is 11.0 Å². The van der Waals surface area contributed by atoms with Gasteiger partial charge in [0.25, 0.3) is 0 Å². The number of hydrogen-bond donors (Lipinski definition) is 2. The van der Waals surface area contributed by atoms with Crippen LogP contribution in [0, 0.1) is 0 Å². The van der Waals surface area contributed by atoms with Gasteiger partial charge in [0.1, 0.15) is 5.75 Å². The molecule has 20 heavy (non-hydrogen) atoms. The first-order chi connectivity index (χ1) is 9.65. The minimum Gasteiger partial charge on any atom is -0.507 e. The van der Waals surface area contributed by atoms with Crippen molar-refractivity contribution < 1.29 is 9.90 Å². The van der Waals surface area contributed by atoms with Crippen molar-refractivity contribution in [3.8, 4) is 5.75 Å². The second-order valence-corrected chi connectivity index (χ2v) is 5.81. The standard InChI is InChI=1S/C16H14BrNO2/c17-14-7-10(5-6-15(14)19)9-18-16(20)13-8-11-3-1-2-4-12(11)13/h1-7,13,19H,8-9H2,(H,18,20)/t13-/m0/s1. The van der Waals surface area contributed by atoms with Crippen LogP contribution in [0.2, 0.25) is 0 Å². The van der Waals surface area contributed by atoms with E-state index < -0.39 is 0 Å². The van der Waals surface area contributed by atoms with Crippen LogP contribution in [0.4, 0.5) is 0 Å². The van der Waals surface area contributed by atoms with Crippen LogP contribution in [0.25, 0.3) is 0 Å². The quantitative estimate of drug-likeness (QED) is 0.907. The largest absolute Gasteiger partial charge is 0.507 e. The van der Waals surface area contributed by atoms with E-state index in [1.54, 1.807) is 12.1 Å². The third kappa shape index (κ3) is 2.43. The van der Waals surface area contributed by atoms with Gasteiger partial charge in [-0.25, -0.2) is 0 Å². The molecule has 2 N–H and O–H groups in total. The van der Waals surface area contributed by atoms with E-state index in [2.05, 4.69) is 27.3 Å². The Morgan fingerprint density at radius 3 is 2.85 bits per heavy atom. The molecule has 102 valence electrons. The van der Waals surface area contributed by atoms with Crippen LogP contribution >= 0.6 is 15.9 Å². The number of carbonyl (C=O) groups is 1. The Morgan fingerprint density at radius 2 is 2.10 bits per heavy atom. The molecule has 2 aromatic carbocycles. The van der Waals surface area contributed by atoms with Crippen LogP contribution < -0.4 is 5.32 Å². The number of benzene rings is 2. The lowest BCUT2D eigenvalue weighted by Gasteiger charge is -2.28. The molecular formula is C16H14BrNO2. The summed E-state index contributed by atoms with van der Waals surface area (Å²) < 4.78 is 0.637. The molecule has 0 bridgehead atoms. The molecule has 0 radical (unpaired) electrons. The van der Waals surface area contributed by atoms with Crippen molar-refractivity contribution >= 4 is 21.8 Å². The topological polar surface area (TPSA) is 49.3 Å². The minimum atomic E-state index is -0.0215. The van der Waals surface area contributed by atoms with E-state index in [1.165, 1.54) is 5.56 Å². The fraction of sp³-hybridized carbons (Fsp3) is 0.188. The summed E-state index contributed by atoms with van der Waals surface area (Å²) >= 11 is 3.27. The fourth-order valence-electron chi connectivity index (χ4n) is 2.47. The monoisotopic (exact) mass is 331 g/mol. The van der Waals surface area contributed by atoms with E-state index in [0.717, 1.165) is 17.5 Å². The van der Waals surface area contributed by atoms with Crippen LogP contribution in [-0.2, 0) is 17.8 Å². The smallest absolute Gasteiger partial charge is 0.228 e. The van der Waals surface area contributed by atoms with Crippen molar-refractivity contribution in [1.29, 1.82) is 0 Å². The molecule has 0 heterocycles. The van der Waals surface area contributed by atoms with Crippen molar-refractivity contribution in [2.75, 3.05) is 0 Å². The van der Waals surface area contributed by atoms with Gasteiger partial charge in [0, 0.05) is 6.54 Å². The SMILES string of the molecule is O=C(NCc1ccc(O)c(Br)c1)[C@H]1Cc2ccccc21. The lowest BCUT2D eigenvalue weighted by atomic mass is 9.77. The number of aromatic hydroxyl groups is 1. The van der Waals surface area contributed by atoms with Crippen LogP contribution in [0.3, 0.4) is 0 Å². The Labute approximate surface area is 125 Å². The molecule has 0 unspecified atom stereocenters. The van der Waals surface area contributed by atoms with Crippen LogP contribution in [0.1, 0.15) is 22.6 Å². The van der Waals surface area contributed by atoms with Gasteiger partial charge in [-0.2, -0.15) is 0 Å². The lowest BCUT2D eigenvalue weighted by molar-refractivity contribution is -0.123. The predicted octanol–water partition coefficient (Wildman–Crippen LogP) is 3.11. The Balaban J connectivity index is 1.62. The van der Waals surface area contributed by atoms with E-state index in [0.29, 0.717) is 11.0 Å². The number of fused-ring (bicyclic) bond motifs is 1. The zero-order valence-corrected chi connectivity index (χ0v) is 12.4. The second kappa shape index (κ2) is 5.29. The van der Waals surface area contributed by atoms with Gasteiger partial charge in [-0.05, 0) is 51.2 Å². The molecule has 1 atom stereocenters. The first-order valence-electron chi connectivity index (χ1n) is 6.48. The highest BCUT2D eigenvalue weighted by Crippen LogP contribution is 2.34.